The van der Waals surface area contributed by atoms with Gasteiger partial charge in [0.2, 0.25) is 11.8 Å². The number of ether oxygens (including phenoxy) is 1. The van der Waals surface area contributed by atoms with Gasteiger partial charge in [-0.2, -0.15) is 0 Å². The van der Waals surface area contributed by atoms with Gasteiger partial charge in [-0.25, -0.2) is 4.99 Å². The van der Waals surface area contributed by atoms with E-state index in [9.17, 15) is 24.5 Å². The van der Waals surface area contributed by atoms with Gasteiger partial charge in [-0.05, 0) is 30.7 Å². The Morgan fingerprint density at radius 3 is 2.59 bits per heavy atom. The van der Waals surface area contributed by atoms with Crippen molar-refractivity contribution >= 4 is 51.6 Å². The molecule has 1 heterocycles. The molecule has 0 saturated heterocycles. The molecule has 0 spiro atoms. The summed E-state index contributed by atoms with van der Waals surface area (Å²) in [5.41, 5.74) is 0.998. The fourth-order valence-corrected chi connectivity index (χ4v) is 4.07. The molecule has 0 bridgehead atoms. The Bertz CT molecular complexity index is 1120. The maximum atomic E-state index is 12.4. The average molecular weight is 456 g/mol. The molecule has 3 rings (SSSR count). The minimum Gasteiger partial charge on any atom is -0.495 e. The second kappa shape index (κ2) is 10.1. The molecule has 0 fully saturated rings. The topological polar surface area (TPSA) is 140 Å². The Kier molecular flexibility index (Phi) is 7.21. The number of methoxy groups -OCH3 is 1. The number of nitrogens with one attached hydrogen (secondary N) is 2. The van der Waals surface area contributed by atoms with Crippen molar-refractivity contribution in [1.29, 1.82) is 0 Å². The van der Waals surface area contributed by atoms with Crippen LogP contribution < -0.4 is 15.4 Å². The second-order valence-corrected chi connectivity index (χ2v) is 8.18. The quantitative estimate of drug-likeness (QED) is 0.459. The van der Waals surface area contributed by atoms with Gasteiger partial charge in [0.25, 0.3) is 11.6 Å². The van der Waals surface area contributed by atoms with Gasteiger partial charge < -0.3 is 15.4 Å². The predicted molar refractivity (Wildman–Crippen MR) is 121 cm³/mol. The highest BCUT2D eigenvalue weighted by molar-refractivity contribution is 8.15. The summed E-state index contributed by atoms with van der Waals surface area (Å²) in [4.78, 5) is 51.4. The third-order valence-electron chi connectivity index (χ3n) is 4.48. The average Bonchev–Trinajstić information content (AvgIpc) is 3.07. The lowest BCUT2D eigenvalue weighted by molar-refractivity contribution is -0.384. The summed E-state index contributed by atoms with van der Waals surface area (Å²) in [6.45, 7) is 1.70. The van der Waals surface area contributed by atoms with Crippen LogP contribution in [0, 0.1) is 17.0 Å². The minimum atomic E-state index is -0.798. The molecular weight excluding hydrogens is 436 g/mol. The molecule has 1 aliphatic rings. The van der Waals surface area contributed by atoms with Crippen LogP contribution in [0.25, 0.3) is 0 Å². The number of rotatable bonds is 8. The zero-order valence-corrected chi connectivity index (χ0v) is 18.1. The summed E-state index contributed by atoms with van der Waals surface area (Å²) < 4.78 is 5.18. The lowest BCUT2D eigenvalue weighted by Crippen LogP contribution is -2.22. The predicted octanol–water partition coefficient (Wildman–Crippen LogP) is 3.31. The molecule has 0 aromatic heterocycles. The summed E-state index contributed by atoms with van der Waals surface area (Å²) in [6, 6.07) is 11.3. The van der Waals surface area contributed by atoms with E-state index in [1.807, 2.05) is 0 Å². The van der Waals surface area contributed by atoms with Gasteiger partial charge in [0.15, 0.2) is 0 Å². The molecule has 1 atom stereocenters. The molecule has 2 N–H and O–H groups in total. The zero-order valence-electron chi connectivity index (χ0n) is 17.3. The molecule has 32 heavy (non-hydrogen) atoms. The first-order valence-corrected chi connectivity index (χ1v) is 10.4. The van der Waals surface area contributed by atoms with Gasteiger partial charge in [-0.1, -0.05) is 30.0 Å². The molecule has 166 valence electrons. The van der Waals surface area contributed by atoms with E-state index >= 15 is 0 Å². The van der Waals surface area contributed by atoms with Gasteiger partial charge in [0.05, 0.1) is 29.2 Å². The maximum Gasteiger partial charge on any atom is 0.293 e. The molecule has 2 aromatic rings. The fraction of sp³-hybridized carbons (Fsp3) is 0.238. The number of thioether (sulfide) groups is 1. The molecule has 0 unspecified atom stereocenters. The highest BCUT2D eigenvalue weighted by atomic mass is 32.2. The summed E-state index contributed by atoms with van der Waals surface area (Å²) in [7, 11) is 1.49. The third-order valence-corrected chi connectivity index (χ3v) is 5.64. The van der Waals surface area contributed by atoms with Crippen molar-refractivity contribution in [3.8, 4) is 5.75 Å². The standard InChI is InChI=1S/C21H20N4O6S/c1-12-7-8-13(15(9-12)25(29)30)22-18(26)10-17-21(28)24-20(32-17)11-19(27)23-14-5-3-4-6-16(14)31-2/h3-9,17H,10-11H2,1-2H3,(H,22,26)(H,23,27)/t17-/m1/s1. The van der Waals surface area contributed by atoms with Crippen molar-refractivity contribution in [2.24, 2.45) is 4.99 Å². The number of para-hydroxylation sites is 2. The van der Waals surface area contributed by atoms with Crippen LogP contribution in [-0.2, 0) is 14.4 Å². The van der Waals surface area contributed by atoms with Crippen LogP contribution in [0.2, 0.25) is 0 Å². The van der Waals surface area contributed by atoms with E-state index in [2.05, 4.69) is 15.6 Å². The molecule has 1 aliphatic heterocycles. The van der Waals surface area contributed by atoms with E-state index in [1.165, 1.54) is 19.2 Å². The van der Waals surface area contributed by atoms with Gasteiger partial charge in [-0.3, -0.25) is 24.5 Å². The number of nitrogens with zero attached hydrogens (tertiary/aromatic N) is 2. The molecule has 2 aromatic carbocycles. The normalized spacial score (nSPS) is 15.1. The third kappa shape index (κ3) is 5.70. The largest absolute Gasteiger partial charge is 0.495 e. The van der Waals surface area contributed by atoms with Gasteiger partial charge in [0, 0.05) is 12.5 Å². The van der Waals surface area contributed by atoms with Crippen LogP contribution in [0.3, 0.4) is 0 Å². The molecular formula is C21H20N4O6S. The summed E-state index contributed by atoms with van der Waals surface area (Å²) in [6.07, 6.45) is -0.355. The monoisotopic (exact) mass is 456 g/mol. The van der Waals surface area contributed by atoms with E-state index in [-0.39, 0.29) is 30.1 Å². The van der Waals surface area contributed by atoms with Crippen molar-refractivity contribution < 1.29 is 24.0 Å². The first kappa shape index (κ1) is 22.9. The van der Waals surface area contributed by atoms with Crippen LogP contribution in [0.5, 0.6) is 5.75 Å². The Balaban J connectivity index is 1.56. The Morgan fingerprint density at radius 1 is 1.16 bits per heavy atom. The highest BCUT2D eigenvalue weighted by Gasteiger charge is 2.32. The number of anilines is 2. The number of carbonyl (C=O) groups excluding carboxylic acids is 3. The molecule has 11 heteroatoms. The first-order chi connectivity index (χ1) is 15.3. The molecule has 3 amide bonds. The van der Waals surface area contributed by atoms with Crippen LogP contribution in [0.4, 0.5) is 17.1 Å². The van der Waals surface area contributed by atoms with Crippen molar-refractivity contribution in [1.82, 2.24) is 0 Å². The van der Waals surface area contributed by atoms with E-state index in [4.69, 9.17) is 4.74 Å². The van der Waals surface area contributed by atoms with E-state index in [1.54, 1.807) is 37.3 Å². The number of aliphatic imine (C=N–C) groups is 1. The van der Waals surface area contributed by atoms with Crippen LogP contribution >= 0.6 is 11.8 Å². The molecule has 10 nitrogen and oxygen atoms in total. The lowest BCUT2D eigenvalue weighted by Gasteiger charge is -2.10. The van der Waals surface area contributed by atoms with Crippen molar-refractivity contribution in [3.63, 3.8) is 0 Å². The molecule has 0 radical (unpaired) electrons. The number of hydrogen-bond acceptors (Lipinski definition) is 7. The summed E-state index contributed by atoms with van der Waals surface area (Å²) in [5.74, 6) is -0.965. The Labute approximate surface area is 187 Å². The van der Waals surface area contributed by atoms with Gasteiger partial charge in [-0.15, -0.1) is 0 Å². The van der Waals surface area contributed by atoms with Crippen LogP contribution in [-0.4, -0.2) is 40.0 Å². The Hall–Kier alpha value is -3.73. The van der Waals surface area contributed by atoms with Gasteiger partial charge in [0.1, 0.15) is 16.7 Å². The Morgan fingerprint density at radius 2 is 1.88 bits per heavy atom. The van der Waals surface area contributed by atoms with Crippen molar-refractivity contribution in [2.45, 2.75) is 25.0 Å². The minimum absolute atomic E-state index is 0.0540. The molecule has 0 aliphatic carbocycles. The number of nitro groups is 1. The zero-order chi connectivity index (χ0) is 23.3. The number of amides is 3. The number of nitro benzene ring substituents is 1. The number of aryl methyl sites for hydroxylation is 1. The number of carbonyl (C=O) groups is 3. The first-order valence-electron chi connectivity index (χ1n) is 9.52. The van der Waals surface area contributed by atoms with E-state index in [0.717, 1.165) is 11.8 Å². The summed E-state index contributed by atoms with van der Waals surface area (Å²) >= 11 is 1.03. The van der Waals surface area contributed by atoms with Crippen molar-refractivity contribution in [2.75, 3.05) is 17.7 Å². The van der Waals surface area contributed by atoms with E-state index in [0.29, 0.717) is 22.0 Å². The van der Waals surface area contributed by atoms with Crippen LogP contribution in [0.1, 0.15) is 18.4 Å². The highest BCUT2D eigenvalue weighted by Crippen LogP contribution is 2.30. The molecule has 0 saturated carbocycles. The fourth-order valence-electron chi connectivity index (χ4n) is 2.99. The van der Waals surface area contributed by atoms with E-state index < -0.39 is 22.0 Å². The number of hydrogen-bond donors (Lipinski definition) is 2. The van der Waals surface area contributed by atoms with Crippen LogP contribution in [0.15, 0.2) is 47.5 Å². The van der Waals surface area contributed by atoms with Gasteiger partial charge >= 0.3 is 0 Å². The SMILES string of the molecule is COc1ccccc1NC(=O)CC1=NC(=O)[C@@H](CC(=O)Nc2ccc(C)cc2[N+](=O)[O-])S1. The summed E-state index contributed by atoms with van der Waals surface area (Å²) in [5, 5.41) is 15.9. The lowest BCUT2D eigenvalue weighted by atomic mass is 10.2. The smallest absolute Gasteiger partial charge is 0.293 e. The maximum absolute atomic E-state index is 12.4. The number of benzene rings is 2. The van der Waals surface area contributed by atoms with Crippen molar-refractivity contribution in [3.05, 3.63) is 58.1 Å². The second-order valence-electron chi connectivity index (χ2n) is 6.91.